The third-order valence-corrected chi connectivity index (χ3v) is 3.82. The summed E-state index contributed by atoms with van der Waals surface area (Å²) in [5.74, 6) is 0.716. The Morgan fingerprint density at radius 1 is 1.25 bits per heavy atom. The van der Waals surface area contributed by atoms with Gasteiger partial charge in [0.15, 0.2) is 5.82 Å². The number of aryl methyl sites for hydroxylation is 1. The van der Waals surface area contributed by atoms with E-state index in [-0.39, 0.29) is 17.9 Å². The second-order valence-electron chi connectivity index (χ2n) is 5.29. The van der Waals surface area contributed by atoms with Crippen LogP contribution in [0.5, 0.6) is 0 Å². The molecule has 0 radical (unpaired) electrons. The van der Waals surface area contributed by atoms with Crippen LogP contribution in [-0.4, -0.2) is 33.6 Å². The van der Waals surface area contributed by atoms with E-state index in [9.17, 15) is 14.9 Å². The molecule has 0 atom stereocenters. The summed E-state index contributed by atoms with van der Waals surface area (Å²) in [4.78, 5) is 26.3. The van der Waals surface area contributed by atoms with Gasteiger partial charge in [-0.15, -0.1) is 10.2 Å². The van der Waals surface area contributed by atoms with E-state index in [0.29, 0.717) is 22.5 Å². The molecule has 0 saturated carbocycles. The molecule has 0 fully saturated rings. The van der Waals surface area contributed by atoms with Gasteiger partial charge in [-0.1, -0.05) is 12.1 Å². The Kier molecular flexibility index (Phi) is 2.92. The van der Waals surface area contributed by atoms with Crippen molar-refractivity contribution in [3.05, 3.63) is 63.1 Å². The SMILES string of the molecule is Cn1c(=O)c2ccccc2n2c(Cn3cnc([N+](=O)[O-])c3)nnc12. The first-order valence-electron chi connectivity index (χ1n) is 7.04. The third-order valence-electron chi connectivity index (χ3n) is 3.82. The van der Waals surface area contributed by atoms with E-state index in [1.807, 2.05) is 12.1 Å². The molecule has 0 bridgehead atoms. The molecule has 0 spiro atoms. The van der Waals surface area contributed by atoms with E-state index in [4.69, 9.17) is 0 Å². The maximum Gasteiger partial charge on any atom is 0.381 e. The fraction of sp³-hybridized carbons (Fsp3) is 0.143. The molecular formula is C14H11N7O3. The van der Waals surface area contributed by atoms with E-state index in [2.05, 4.69) is 15.2 Å². The average molecular weight is 325 g/mol. The molecule has 24 heavy (non-hydrogen) atoms. The van der Waals surface area contributed by atoms with Crippen LogP contribution >= 0.6 is 0 Å². The molecule has 4 aromatic rings. The lowest BCUT2D eigenvalue weighted by atomic mass is 10.2. The van der Waals surface area contributed by atoms with E-state index in [1.165, 1.54) is 17.1 Å². The zero-order valence-corrected chi connectivity index (χ0v) is 12.5. The van der Waals surface area contributed by atoms with Crippen molar-refractivity contribution in [2.45, 2.75) is 6.54 Å². The average Bonchev–Trinajstić information content (AvgIpc) is 3.20. The lowest BCUT2D eigenvalue weighted by Gasteiger charge is -2.07. The molecule has 3 heterocycles. The number of para-hydroxylation sites is 1. The summed E-state index contributed by atoms with van der Waals surface area (Å²) in [7, 11) is 1.63. The van der Waals surface area contributed by atoms with Gasteiger partial charge in [0.05, 0.1) is 17.4 Å². The minimum Gasteiger partial charge on any atom is -0.358 e. The number of aromatic nitrogens is 6. The molecule has 120 valence electrons. The van der Waals surface area contributed by atoms with Gasteiger partial charge < -0.3 is 14.7 Å². The normalized spacial score (nSPS) is 11.4. The van der Waals surface area contributed by atoms with E-state index in [0.717, 1.165) is 0 Å². The van der Waals surface area contributed by atoms with Crippen LogP contribution in [0, 0.1) is 10.1 Å². The molecule has 0 amide bonds. The van der Waals surface area contributed by atoms with Gasteiger partial charge in [0.25, 0.3) is 5.56 Å². The van der Waals surface area contributed by atoms with Crippen LogP contribution in [0.1, 0.15) is 5.82 Å². The van der Waals surface area contributed by atoms with E-state index >= 15 is 0 Å². The van der Waals surface area contributed by atoms with Crippen molar-refractivity contribution in [1.82, 2.24) is 28.7 Å². The van der Waals surface area contributed by atoms with Crippen LogP contribution in [0.4, 0.5) is 5.82 Å². The van der Waals surface area contributed by atoms with Gasteiger partial charge >= 0.3 is 5.82 Å². The summed E-state index contributed by atoms with van der Waals surface area (Å²) in [5, 5.41) is 19.5. The van der Waals surface area contributed by atoms with E-state index < -0.39 is 4.92 Å². The van der Waals surface area contributed by atoms with E-state index in [1.54, 1.807) is 28.1 Å². The molecule has 0 aliphatic rings. The summed E-state index contributed by atoms with van der Waals surface area (Å²) >= 11 is 0. The number of hydrogen-bond acceptors (Lipinski definition) is 6. The highest BCUT2D eigenvalue weighted by Crippen LogP contribution is 2.15. The first kappa shape index (κ1) is 14.1. The number of benzene rings is 1. The molecule has 0 N–H and O–H groups in total. The van der Waals surface area contributed by atoms with Gasteiger partial charge in [-0.25, -0.2) is 0 Å². The molecule has 10 nitrogen and oxygen atoms in total. The number of hydrogen-bond donors (Lipinski definition) is 0. The number of nitro groups is 1. The number of rotatable bonds is 3. The van der Waals surface area contributed by atoms with Crippen molar-refractivity contribution in [2.75, 3.05) is 0 Å². The summed E-state index contributed by atoms with van der Waals surface area (Å²) in [5.41, 5.74) is 0.528. The largest absolute Gasteiger partial charge is 0.381 e. The topological polar surface area (TPSA) is 113 Å². The lowest BCUT2D eigenvalue weighted by molar-refractivity contribution is -0.389. The van der Waals surface area contributed by atoms with Crippen molar-refractivity contribution < 1.29 is 4.92 Å². The summed E-state index contributed by atoms with van der Waals surface area (Å²) in [6.45, 7) is 0.240. The fourth-order valence-electron chi connectivity index (χ4n) is 2.69. The Morgan fingerprint density at radius 2 is 2.04 bits per heavy atom. The Balaban J connectivity index is 1.93. The van der Waals surface area contributed by atoms with Crippen molar-refractivity contribution in [3.8, 4) is 0 Å². The molecule has 0 unspecified atom stereocenters. The Labute approximate surface area is 133 Å². The van der Waals surface area contributed by atoms with Crippen LogP contribution in [0.3, 0.4) is 0 Å². The maximum absolute atomic E-state index is 12.4. The zero-order chi connectivity index (χ0) is 16.8. The monoisotopic (exact) mass is 325 g/mol. The van der Waals surface area contributed by atoms with Gasteiger partial charge in [0.1, 0.15) is 6.20 Å². The number of imidazole rings is 1. The molecule has 10 heteroatoms. The van der Waals surface area contributed by atoms with Crippen molar-refractivity contribution in [3.63, 3.8) is 0 Å². The second-order valence-corrected chi connectivity index (χ2v) is 5.29. The molecule has 0 aliphatic heterocycles. The first-order chi connectivity index (χ1) is 11.6. The predicted octanol–water partition coefficient (Wildman–Crippen LogP) is 0.734. The zero-order valence-electron chi connectivity index (χ0n) is 12.5. The van der Waals surface area contributed by atoms with Crippen LogP contribution in [0.25, 0.3) is 16.7 Å². The van der Waals surface area contributed by atoms with Crippen LogP contribution < -0.4 is 5.56 Å². The lowest BCUT2D eigenvalue weighted by Crippen LogP contribution is -2.20. The third kappa shape index (κ3) is 1.96. The quantitative estimate of drug-likeness (QED) is 0.405. The van der Waals surface area contributed by atoms with Crippen molar-refractivity contribution in [2.24, 2.45) is 7.05 Å². The minimum absolute atomic E-state index is 0.157. The highest BCUT2D eigenvalue weighted by atomic mass is 16.6. The molecule has 0 saturated heterocycles. The van der Waals surface area contributed by atoms with Gasteiger partial charge in [0.2, 0.25) is 12.1 Å². The number of fused-ring (bicyclic) bond motifs is 3. The maximum atomic E-state index is 12.4. The molecule has 0 aliphatic carbocycles. The fourth-order valence-corrected chi connectivity index (χ4v) is 2.69. The summed E-state index contributed by atoms with van der Waals surface area (Å²) < 4.78 is 4.74. The Hall–Kier alpha value is -3.56. The molecule has 1 aromatic carbocycles. The Bertz CT molecular complexity index is 1150. The second kappa shape index (κ2) is 4.98. The highest BCUT2D eigenvalue weighted by molar-refractivity contribution is 5.80. The number of nitrogens with zero attached hydrogens (tertiary/aromatic N) is 7. The minimum atomic E-state index is -0.558. The summed E-state index contributed by atoms with van der Waals surface area (Å²) in [6, 6.07) is 7.17. The van der Waals surface area contributed by atoms with Crippen LogP contribution in [-0.2, 0) is 13.6 Å². The van der Waals surface area contributed by atoms with Gasteiger partial charge in [-0.3, -0.25) is 13.8 Å². The molecular weight excluding hydrogens is 314 g/mol. The van der Waals surface area contributed by atoms with Crippen LogP contribution in [0.15, 0.2) is 41.6 Å². The van der Waals surface area contributed by atoms with Crippen molar-refractivity contribution >= 4 is 22.5 Å². The van der Waals surface area contributed by atoms with Gasteiger partial charge in [0, 0.05) is 7.05 Å². The smallest absolute Gasteiger partial charge is 0.358 e. The molecule has 3 aromatic heterocycles. The summed E-state index contributed by atoms with van der Waals surface area (Å²) in [6.07, 6.45) is 2.69. The van der Waals surface area contributed by atoms with Gasteiger partial charge in [-0.05, 0) is 22.0 Å². The highest BCUT2D eigenvalue weighted by Gasteiger charge is 2.16. The standard InChI is InChI=1S/C14H11N7O3/c1-18-13(22)9-4-2-3-5-10(9)20-12(16-17-14(18)20)7-19-6-11(15-8-19)21(23)24/h2-6,8H,7H2,1H3. The predicted molar refractivity (Wildman–Crippen MR) is 83.7 cm³/mol. The first-order valence-corrected chi connectivity index (χ1v) is 7.04. The molecule has 4 rings (SSSR count). The van der Waals surface area contributed by atoms with Gasteiger partial charge in [-0.2, -0.15) is 0 Å². The van der Waals surface area contributed by atoms with Crippen LogP contribution in [0.2, 0.25) is 0 Å². The van der Waals surface area contributed by atoms with Crippen molar-refractivity contribution in [1.29, 1.82) is 0 Å². The Morgan fingerprint density at radius 3 is 2.79 bits per heavy atom.